The first-order chi connectivity index (χ1) is 7.56. The van der Waals surface area contributed by atoms with Gasteiger partial charge in [0, 0.05) is 27.1 Å². The van der Waals surface area contributed by atoms with Gasteiger partial charge < -0.3 is 10.1 Å². The summed E-state index contributed by atoms with van der Waals surface area (Å²) in [4.78, 5) is 34.1. The van der Waals surface area contributed by atoms with Crippen LogP contribution in [0.1, 0.15) is 6.42 Å². The average Bonchev–Trinajstić information content (AvgIpc) is 2.46. The first-order valence-electron chi connectivity index (χ1n) is 4.90. The Morgan fingerprint density at radius 3 is 2.75 bits per heavy atom. The molecule has 0 saturated carbocycles. The predicted octanol–water partition coefficient (Wildman–Crippen LogP) is -1.74. The maximum absolute atomic E-state index is 11.4. The fourth-order valence-electron chi connectivity index (χ4n) is 1.37. The Morgan fingerprint density at radius 2 is 2.25 bits per heavy atom. The summed E-state index contributed by atoms with van der Waals surface area (Å²) in [6.07, 6.45) is -0.126. The SMILES string of the molecule is COCCNC(=O)CC1C(=O)NN(C)C1=O. The zero-order valence-electron chi connectivity index (χ0n) is 9.28. The highest BCUT2D eigenvalue weighted by atomic mass is 16.5. The smallest absolute Gasteiger partial charge is 0.253 e. The molecule has 0 bridgehead atoms. The molecule has 1 saturated heterocycles. The van der Waals surface area contributed by atoms with E-state index in [1.165, 1.54) is 14.2 Å². The quantitative estimate of drug-likeness (QED) is 0.432. The van der Waals surface area contributed by atoms with E-state index in [2.05, 4.69) is 10.7 Å². The van der Waals surface area contributed by atoms with Crippen LogP contribution in [0.2, 0.25) is 0 Å². The number of rotatable bonds is 5. The van der Waals surface area contributed by atoms with E-state index in [9.17, 15) is 14.4 Å². The van der Waals surface area contributed by atoms with Gasteiger partial charge in [0.15, 0.2) is 0 Å². The van der Waals surface area contributed by atoms with Crippen molar-refractivity contribution >= 4 is 17.7 Å². The third-order valence-electron chi connectivity index (χ3n) is 2.24. The van der Waals surface area contributed by atoms with Crippen LogP contribution < -0.4 is 10.7 Å². The number of amides is 3. The van der Waals surface area contributed by atoms with Crippen LogP contribution in [0.3, 0.4) is 0 Å². The number of hydrogen-bond acceptors (Lipinski definition) is 4. The number of ether oxygens (including phenoxy) is 1. The molecule has 90 valence electrons. The molecule has 7 nitrogen and oxygen atoms in total. The number of carbonyl (C=O) groups is 3. The lowest BCUT2D eigenvalue weighted by Gasteiger charge is -2.07. The number of methoxy groups -OCH3 is 1. The van der Waals surface area contributed by atoms with Gasteiger partial charge in [-0.3, -0.25) is 24.8 Å². The van der Waals surface area contributed by atoms with Gasteiger partial charge in [0.2, 0.25) is 5.91 Å². The van der Waals surface area contributed by atoms with E-state index >= 15 is 0 Å². The van der Waals surface area contributed by atoms with E-state index in [-0.39, 0.29) is 18.2 Å². The van der Waals surface area contributed by atoms with Crippen molar-refractivity contribution in [3.05, 3.63) is 0 Å². The number of hydrogen-bond donors (Lipinski definition) is 2. The summed E-state index contributed by atoms with van der Waals surface area (Å²) >= 11 is 0. The minimum Gasteiger partial charge on any atom is -0.383 e. The molecule has 1 aliphatic rings. The second-order valence-corrected chi connectivity index (χ2v) is 3.47. The summed E-state index contributed by atoms with van der Waals surface area (Å²) in [7, 11) is 2.97. The van der Waals surface area contributed by atoms with Crippen LogP contribution in [0.4, 0.5) is 0 Å². The van der Waals surface area contributed by atoms with Gasteiger partial charge in [0.05, 0.1) is 6.61 Å². The molecule has 1 heterocycles. The molecule has 0 aromatic carbocycles. The van der Waals surface area contributed by atoms with Gasteiger partial charge in [-0.1, -0.05) is 0 Å². The summed E-state index contributed by atoms with van der Waals surface area (Å²) in [5.41, 5.74) is 2.33. The van der Waals surface area contributed by atoms with Gasteiger partial charge in [-0.15, -0.1) is 0 Å². The van der Waals surface area contributed by atoms with E-state index in [0.29, 0.717) is 13.2 Å². The Bertz CT molecular complexity index is 305. The number of hydrazine groups is 1. The molecule has 1 unspecified atom stereocenters. The Kier molecular flexibility index (Phi) is 4.24. The monoisotopic (exact) mass is 229 g/mol. The standard InChI is InChI=1S/C9H15N3O4/c1-12-9(15)6(8(14)11-12)5-7(13)10-3-4-16-2/h6H,3-5H2,1-2H3,(H,10,13)(H,11,14). The Labute approximate surface area is 93.1 Å². The molecule has 2 N–H and O–H groups in total. The molecule has 0 radical (unpaired) electrons. The van der Waals surface area contributed by atoms with E-state index < -0.39 is 11.8 Å². The third kappa shape index (κ3) is 2.93. The van der Waals surface area contributed by atoms with E-state index in [1.54, 1.807) is 0 Å². The van der Waals surface area contributed by atoms with E-state index in [1.807, 2.05) is 0 Å². The molecule has 16 heavy (non-hydrogen) atoms. The van der Waals surface area contributed by atoms with Crippen LogP contribution >= 0.6 is 0 Å². The van der Waals surface area contributed by atoms with Crippen molar-refractivity contribution < 1.29 is 19.1 Å². The Balaban J connectivity index is 2.39. The molecule has 1 aliphatic heterocycles. The van der Waals surface area contributed by atoms with E-state index in [4.69, 9.17) is 4.74 Å². The summed E-state index contributed by atoms with van der Waals surface area (Å²) in [6.45, 7) is 0.768. The lowest BCUT2D eigenvalue weighted by Crippen LogP contribution is -2.32. The van der Waals surface area contributed by atoms with Crippen molar-refractivity contribution in [3.8, 4) is 0 Å². The molecule has 0 aromatic rings. The minimum absolute atomic E-state index is 0.126. The van der Waals surface area contributed by atoms with Crippen molar-refractivity contribution in [3.63, 3.8) is 0 Å². The normalized spacial score (nSPS) is 19.9. The molecular weight excluding hydrogens is 214 g/mol. The number of nitrogens with zero attached hydrogens (tertiary/aromatic N) is 1. The highest BCUT2D eigenvalue weighted by Gasteiger charge is 2.38. The van der Waals surface area contributed by atoms with Crippen molar-refractivity contribution in [2.75, 3.05) is 27.3 Å². The topological polar surface area (TPSA) is 87.7 Å². The summed E-state index contributed by atoms with van der Waals surface area (Å²) < 4.78 is 4.75. The van der Waals surface area contributed by atoms with Crippen molar-refractivity contribution in [1.29, 1.82) is 0 Å². The fourth-order valence-corrected chi connectivity index (χ4v) is 1.37. The third-order valence-corrected chi connectivity index (χ3v) is 2.24. The Morgan fingerprint density at radius 1 is 1.56 bits per heavy atom. The van der Waals surface area contributed by atoms with Gasteiger partial charge in [0.1, 0.15) is 5.92 Å². The van der Waals surface area contributed by atoms with Crippen LogP contribution in [0, 0.1) is 5.92 Å². The first kappa shape index (κ1) is 12.4. The molecule has 0 spiro atoms. The second kappa shape index (κ2) is 5.45. The van der Waals surface area contributed by atoms with Gasteiger partial charge in [-0.05, 0) is 0 Å². The van der Waals surface area contributed by atoms with Gasteiger partial charge in [-0.2, -0.15) is 0 Å². The zero-order valence-corrected chi connectivity index (χ0v) is 9.28. The summed E-state index contributed by atoms with van der Waals surface area (Å²) in [5.74, 6) is -2.06. The predicted molar refractivity (Wildman–Crippen MR) is 53.9 cm³/mol. The van der Waals surface area contributed by atoms with Crippen molar-refractivity contribution in [1.82, 2.24) is 15.8 Å². The minimum atomic E-state index is -0.910. The van der Waals surface area contributed by atoms with Gasteiger partial charge in [0.25, 0.3) is 11.8 Å². The highest BCUT2D eigenvalue weighted by molar-refractivity contribution is 6.07. The van der Waals surface area contributed by atoms with E-state index in [0.717, 1.165) is 5.01 Å². The molecule has 1 rings (SSSR count). The van der Waals surface area contributed by atoms with Crippen LogP contribution in [-0.2, 0) is 19.1 Å². The molecular formula is C9H15N3O4. The Hall–Kier alpha value is -1.63. The molecule has 0 aromatic heterocycles. The average molecular weight is 229 g/mol. The van der Waals surface area contributed by atoms with Crippen LogP contribution in [-0.4, -0.2) is 50.0 Å². The zero-order chi connectivity index (χ0) is 12.1. The highest BCUT2D eigenvalue weighted by Crippen LogP contribution is 2.12. The van der Waals surface area contributed by atoms with Gasteiger partial charge >= 0.3 is 0 Å². The second-order valence-electron chi connectivity index (χ2n) is 3.47. The lowest BCUT2D eigenvalue weighted by atomic mass is 10.1. The van der Waals surface area contributed by atoms with Crippen LogP contribution in [0.15, 0.2) is 0 Å². The van der Waals surface area contributed by atoms with Crippen molar-refractivity contribution in [2.45, 2.75) is 6.42 Å². The molecule has 1 fully saturated rings. The van der Waals surface area contributed by atoms with Crippen LogP contribution in [0.5, 0.6) is 0 Å². The first-order valence-corrected chi connectivity index (χ1v) is 4.90. The van der Waals surface area contributed by atoms with Crippen LogP contribution in [0.25, 0.3) is 0 Å². The maximum Gasteiger partial charge on any atom is 0.253 e. The summed E-state index contributed by atoms with van der Waals surface area (Å²) in [5, 5.41) is 3.64. The van der Waals surface area contributed by atoms with Gasteiger partial charge in [-0.25, -0.2) is 0 Å². The summed E-state index contributed by atoms with van der Waals surface area (Å²) in [6, 6.07) is 0. The lowest BCUT2D eigenvalue weighted by molar-refractivity contribution is -0.135. The van der Waals surface area contributed by atoms with Crippen molar-refractivity contribution in [2.24, 2.45) is 5.92 Å². The maximum atomic E-state index is 11.4. The largest absolute Gasteiger partial charge is 0.383 e. The molecule has 1 atom stereocenters. The number of nitrogens with one attached hydrogen (secondary N) is 2. The molecule has 0 aliphatic carbocycles. The molecule has 3 amide bonds. The number of carbonyl (C=O) groups excluding carboxylic acids is 3. The fraction of sp³-hybridized carbons (Fsp3) is 0.667. The molecule has 7 heteroatoms.